The molecule has 0 bridgehead atoms. The Morgan fingerprint density at radius 3 is 1.51 bits per heavy atom. The second kappa shape index (κ2) is 17.6. The van der Waals surface area contributed by atoms with Crippen molar-refractivity contribution >= 4 is 21.8 Å². The summed E-state index contributed by atoms with van der Waals surface area (Å²) in [6.45, 7) is 4.46. The van der Waals surface area contributed by atoms with Crippen molar-refractivity contribution in [2.75, 3.05) is 0 Å². The third-order valence-electron chi connectivity index (χ3n) is 9.16. The van der Waals surface area contributed by atoms with Gasteiger partial charge in [-0.2, -0.15) is 22.9 Å². The molecule has 7 nitrogen and oxygen atoms in total. The van der Waals surface area contributed by atoms with Crippen LogP contribution in [-0.2, 0) is 47.9 Å². The number of pyridine rings is 2. The van der Waals surface area contributed by atoms with Crippen molar-refractivity contribution in [3.63, 3.8) is 0 Å². The van der Waals surface area contributed by atoms with Gasteiger partial charge < -0.3 is 24.0 Å². The van der Waals surface area contributed by atoms with Gasteiger partial charge in [-0.25, -0.2) is 9.97 Å². The van der Waals surface area contributed by atoms with E-state index in [2.05, 4.69) is 72.3 Å². The molecule has 0 N–H and O–H groups in total. The molecular weight excluding hydrogens is 980 g/mol. The first-order chi connectivity index (χ1) is 27.0. The van der Waals surface area contributed by atoms with Gasteiger partial charge in [0.1, 0.15) is 0 Å². The molecule has 0 amide bonds. The zero-order valence-corrected chi connectivity index (χ0v) is 34.7. The Hall–Kier alpha value is -5.77. The van der Waals surface area contributed by atoms with Crippen LogP contribution in [0.1, 0.15) is 19.4 Å². The Bertz CT molecular complexity index is 2620. The largest absolute Gasteiger partial charge is 2.00 e. The van der Waals surface area contributed by atoms with E-state index in [1.54, 1.807) is 12.4 Å². The first-order valence-corrected chi connectivity index (χ1v) is 18.1. The third-order valence-corrected chi connectivity index (χ3v) is 9.16. The van der Waals surface area contributed by atoms with E-state index >= 15 is 0 Å². The van der Waals surface area contributed by atoms with E-state index < -0.39 is 0 Å². The van der Waals surface area contributed by atoms with Crippen LogP contribution in [0.2, 0.25) is 0 Å². The summed E-state index contributed by atoms with van der Waals surface area (Å²) in [5, 5.41) is 1.88. The summed E-state index contributed by atoms with van der Waals surface area (Å²) in [5.41, 5.74) is 8.05. The number of hydrogen-bond acceptors (Lipinski definition) is 6. The molecule has 0 radical (unpaired) electrons. The van der Waals surface area contributed by atoms with Gasteiger partial charge in [0.25, 0.3) is 0 Å². The van der Waals surface area contributed by atoms with E-state index in [9.17, 15) is 0 Å². The van der Waals surface area contributed by atoms with E-state index in [0.717, 1.165) is 61.9 Å². The quantitative estimate of drug-likeness (QED) is 0.100. The van der Waals surface area contributed by atoms with Crippen molar-refractivity contribution in [3.8, 4) is 62.6 Å². The minimum absolute atomic E-state index is 0. The predicted octanol–water partition coefficient (Wildman–Crippen LogP) is 11.3. The average Bonchev–Trinajstić information content (AvgIpc) is 3.54. The molecule has 0 saturated carbocycles. The van der Waals surface area contributed by atoms with E-state index in [-0.39, 0.29) is 41.5 Å². The average molecular weight is 1010 g/mol. The zero-order valence-electron chi connectivity index (χ0n) is 30.8. The molecule has 0 aliphatic rings. The van der Waals surface area contributed by atoms with Crippen LogP contribution >= 0.6 is 0 Å². The van der Waals surface area contributed by atoms with Crippen molar-refractivity contribution in [2.45, 2.75) is 20.3 Å². The first kappa shape index (κ1) is 39.5. The first-order valence-electron chi connectivity index (χ1n) is 18.1. The molecule has 5 aromatic carbocycles. The van der Waals surface area contributed by atoms with Crippen LogP contribution in [-0.4, -0.2) is 24.5 Å². The minimum Gasteiger partial charge on any atom is -0.503 e. The molecule has 9 heteroatoms. The summed E-state index contributed by atoms with van der Waals surface area (Å²) >= 11 is 0. The second-order valence-corrected chi connectivity index (χ2v) is 13.6. The van der Waals surface area contributed by atoms with Crippen LogP contribution < -0.4 is 9.47 Å². The van der Waals surface area contributed by atoms with Gasteiger partial charge in [0.2, 0.25) is 5.95 Å². The van der Waals surface area contributed by atoms with Crippen LogP contribution in [0.25, 0.3) is 61.4 Å². The van der Waals surface area contributed by atoms with Crippen LogP contribution in [0.15, 0.2) is 146 Å². The van der Waals surface area contributed by atoms with Gasteiger partial charge in [0.05, 0.1) is 0 Å². The molecule has 4 aromatic heterocycles. The van der Waals surface area contributed by atoms with E-state index in [0.29, 0.717) is 34.9 Å². The Kier molecular flexibility index (Phi) is 12.2. The van der Waals surface area contributed by atoms with Crippen molar-refractivity contribution in [1.82, 2.24) is 24.5 Å². The number of ether oxygens (including phenoxy) is 2. The standard InChI is InChI=1S/C48H33N5O2.Pd.Pt/c1-32(2)25-33-15-17-34(18-16-33)37-30-51-48(52-31-37)53-46-28-40(54-38-11-7-9-35(26-38)44-13-3-5-23-49-44)19-21-42(46)43-22-20-41(29-47(43)53)55-39-12-8-10-36(27-39)45-14-4-6-24-50-45;;/h3-24,30-32H,25H2,1-2H3;;/q-4;2*+2. The summed E-state index contributed by atoms with van der Waals surface area (Å²) in [7, 11) is 0. The molecule has 0 aliphatic carbocycles. The Morgan fingerprint density at radius 2 is 1.04 bits per heavy atom. The molecule has 9 aromatic rings. The van der Waals surface area contributed by atoms with Gasteiger partial charge in [-0.15, -0.1) is 71.8 Å². The van der Waals surface area contributed by atoms with E-state index in [1.807, 2.05) is 114 Å². The van der Waals surface area contributed by atoms with Crippen molar-refractivity contribution in [2.24, 2.45) is 5.92 Å². The molecule has 0 fully saturated rings. The van der Waals surface area contributed by atoms with Gasteiger partial charge in [-0.1, -0.05) is 85.5 Å². The van der Waals surface area contributed by atoms with Crippen molar-refractivity contribution in [3.05, 3.63) is 176 Å². The molecular formula is C48H33N5O2PdPt. The predicted molar refractivity (Wildman–Crippen MR) is 215 cm³/mol. The number of benzene rings is 5. The fourth-order valence-electron chi connectivity index (χ4n) is 6.63. The van der Waals surface area contributed by atoms with E-state index in [1.165, 1.54) is 5.56 Å². The molecule has 0 aliphatic heterocycles. The van der Waals surface area contributed by atoms with Crippen molar-refractivity contribution < 1.29 is 51.0 Å². The van der Waals surface area contributed by atoms with Gasteiger partial charge in [0, 0.05) is 53.3 Å². The smallest absolute Gasteiger partial charge is 0.503 e. The van der Waals surface area contributed by atoms with Gasteiger partial charge in [-0.3, -0.25) is 0 Å². The molecule has 4 heterocycles. The topological polar surface area (TPSA) is 75.0 Å². The van der Waals surface area contributed by atoms with Crippen LogP contribution in [0.3, 0.4) is 0 Å². The van der Waals surface area contributed by atoms with Gasteiger partial charge in [0.15, 0.2) is 0 Å². The molecule has 282 valence electrons. The Morgan fingerprint density at radius 1 is 0.526 bits per heavy atom. The summed E-state index contributed by atoms with van der Waals surface area (Å²) in [6, 6.07) is 53.3. The van der Waals surface area contributed by atoms with Crippen LogP contribution in [0.5, 0.6) is 23.0 Å². The maximum absolute atomic E-state index is 6.36. The second-order valence-electron chi connectivity index (χ2n) is 13.6. The number of rotatable bonds is 10. The number of hydrogen-bond donors (Lipinski definition) is 0. The monoisotopic (exact) mass is 1010 g/mol. The molecule has 0 atom stereocenters. The number of fused-ring (bicyclic) bond motifs is 3. The molecule has 0 spiro atoms. The summed E-state index contributed by atoms with van der Waals surface area (Å²) in [5.74, 6) is 3.19. The van der Waals surface area contributed by atoms with Gasteiger partial charge in [-0.05, 0) is 47.0 Å². The Balaban J connectivity index is 0.00000248. The normalized spacial score (nSPS) is 10.9. The summed E-state index contributed by atoms with van der Waals surface area (Å²) in [6.07, 6.45) is 8.28. The molecule has 57 heavy (non-hydrogen) atoms. The third kappa shape index (κ3) is 8.65. The molecule has 9 rings (SSSR count). The zero-order chi connectivity index (χ0) is 37.1. The molecule has 0 unspecified atom stereocenters. The number of aromatic nitrogens is 5. The number of nitrogens with zero attached hydrogens (tertiary/aromatic N) is 5. The Labute approximate surface area is 359 Å². The van der Waals surface area contributed by atoms with Crippen LogP contribution in [0.4, 0.5) is 0 Å². The minimum atomic E-state index is 0. The van der Waals surface area contributed by atoms with E-state index in [4.69, 9.17) is 19.4 Å². The maximum Gasteiger partial charge on any atom is 2.00 e. The summed E-state index contributed by atoms with van der Waals surface area (Å²) < 4.78 is 14.7. The summed E-state index contributed by atoms with van der Waals surface area (Å²) in [4.78, 5) is 18.7. The van der Waals surface area contributed by atoms with Gasteiger partial charge >= 0.3 is 41.5 Å². The SMILES string of the molecule is CC(C)Cc1ccc(-c2cnc(-n3c4[c-]c(Oc5[c-]c(-c6ccccn6)ccc5)ccc4c4ccc(Oc5[c-]c(-c6ccccn6)ccc5)[c-]c43)nc2)cc1.[Pd+2].[Pt+2]. The molecule has 0 saturated heterocycles. The fraction of sp³-hybridized carbons (Fsp3) is 0.0833. The van der Waals surface area contributed by atoms with Crippen LogP contribution in [0, 0.1) is 30.2 Å². The van der Waals surface area contributed by atoms with Crippen molar-refractivity contribution in [1.29, 1.82) is 0 Å². The fourth-order valence-corrected chi connectivity index (χ4v) is 6.63. The maximum atomic E-state index is 6.36.